The number of nitrogens with one attached hydrogen (secondary N) is 1. The fourth-order valence-electron chi connectivity index (χ4n) is 4.51. The number of carbonyl (C=O) groups excluding carboxylic acids is 2. The van der Waals surface area contributed by atoms with Crippen molar-refractivity contribution in [2.45, 2.75) is 58.5 Å². The molecule has 2 aliphatic heterocycles. The minimum absolute atomic E-state index is 0.0106. The number of carbonyl (C=O) groups is 2. The van der Waals surface area contributed by atoms with Gasteiger partial charge in [0.1, 0.15) is 6.04 Å². The Morgan fingerprint density at radius 3 is 2.59 bits per heavy atom. The first-order chi connectivity index (χ1) is 12.8. The van der Waals surface area contributed by atoms with Crippen LogP contribution in [0.2, 0.25) is 0 Å². The van der Waals surface area contributed by atoms with Crippen molar-refractivity contribution >= 4 is 23.2 Å². The zero-order valence-corrected chi connectivity index (χ0v) is 17.8. The second-order valence-corrected chi connectivity index (χ2v) is 9.96. The average Bonchev–Trinajstić information content (AvgIpc) is 3.30. The summed E-state index contributed by atoms with van der Waals surface area (Å²) in [7, 11) is 0. The van der Waals surface area contributed by atoms with Crippen molar-refractivity contribution in [3.63, 3.8) is 0 Å². The predicted octanol–water partition coefficient (Wildman–Crippen LogP) is 3.23. The summed E-state index contributed by atoms with van der Waals surface area (Å²) in [5.41, 5.74) is -0.0835. The predicted molar refractivity (Wildman–Crippen MR) is 110 cm³/mol. The lowest BCUT2D eigenvalue weighted by molar-refractivity contribution is -0.125. The number of hydrogen-bond donors (Lipinski definition) is 1. The van der Waals surface area contributed by atoms with Crippen LogP contribution in [-0.4, -0.2) is 59.4 Å². The second-order valence-electron chi connectivity index (χ2n) is 9.02. The van der Waals surface area contributed by atoms with Crippen molar-refractivity contribution in [1.82, 2.24) is 15.1 Å². The fraction of sp³-hybridized carbons (Fsp3) is 0.714. The van der Waals surface area contributed by atoms with Crippen LogP contribution >= 0.6 is 11.3 Å². The highest BCUT2D eigenvalue weighted by molar-refractivity contribution is 7.12. The third kappa shape index (κ3) is 4.72. The summed E-state index contributed by atoms with van der Waals surface area (Å²) in [6.45, 7) is 12.5. The molecule has 27 heavy (non-hydrogen) atoms. The third-order valence-corrected chi connectivity index (χ3v) is 6.83. The Balaban J connectivity index is 1.58. The maximum atomic E-state index is 12.9. The van der Waals surface area contributed by atoms with Crippen LogP contribution in [0.1, 0.15) is 56.6 Å². The number of amides is 2. The number of rotatable bonds is 5. The van der Waals surface area contributed by atoms with Gasteiger partial charge in [0.15, 0.2) is 0 Å². The summed E-state index contributed by atoms with van der Waals surface area (Å²) in [6, 6.07) is 3.38. The van der Waals surface area contributed by atoms with E-state index in [0.717, 1.165) is 25.9 Å². The first-order valence-electron chi connectivity index (χ1n) is 10.1. The van der Waals surface area contributed by atoms with E-state index in [1.54, 1.807) is 4.90 Å². The molecule has 2 saturated heterocycles. The molecule has 150 valence electrons. The van der Waals surface area contributed by atoms with Gasteiger partial charge < -0.3 is 10.2 Å². The summed E-state index contributed by atoms with van der Waals surface area (Å²) in [4.78, 5) is 30.5. The van der Waals surface area contributed by atoms with E-state index < -0.39 is 0 Å². The lowest BCUT2D eigenvalue weighted by Gasteiger charge is -2.45. The molecule has 5 nitrogen and oxygen atoms in total. The number of piperidine rings is 1. The molecule has 0 radical (unpaired) electrons. The number of thiophene rings is 1. The summed E-state index contributed by atoms with van der Waals surface area (Å²) >= 11 is 1.44. The van der Waals surface area contributed by atoms with Gasteiger partial charge in [-0.1, -0.05) is 19.9 Å². The topological polar surface area (TPSA) is 52.7 Å². The van der Waals surface area contributed by atoms with E-state index in [4.69, 9.17) is 0 Å². The first-order valence-corrected chi connectivity index (χ1v) is 11.0. The van der Waals surface area contributed by atoms with Crippen LogP contribution in [0.4, 0.5) is 0 Å². The molecule has 2 amide bonds. The highest BCUT2D eigenvalue weighted by Crippen LogP contribution is 2.27. The average molecular weight is 392 g/mol. The summed E-state index contributed by atoms with van der Waals surface area (Å²) < 4.78 is 0. The van der Waals surface area contributed by atoms with E-state index in [1.807, 2.05) is 17.5 Å². The molecule has 3 heterocycles. The quantitative estimate of drug-likeness (QED) is 0.838. The molecule has 3 atom stereocenters. The Hall–Kier alpha value is -1.40. The molecule has 6 heteroatoms. The lowest BCUT2D eigenvalue weighted by Crippen LogP contribution is -2.57. The van der Waals surface area contributed by atoms with Gasteiger partial charge in [-0.15, -0.1) is 11.3 Å². The smallest absolute Gasteiger partial charge is 0.264 e. The van der Waals surface area contributed by atoms with Crippen LogP contribution in [0.15, 0.2) is 17.5 Å². The number of hydrogen-bond acceptors (Lipinski definition) is 4. The highest BCUT2D eigenvalue weighted by Gasteiger charge is 2.37. The molecular formula is C21H33N3O2S. The van der Waals surface area contributed by atoms with Crippen LogP contribution in [-0.2, 0) is 4.79 Å². The van der Waals surface area contributed by atoms with E-state index in [0.29, 0.717) is 29.8 Å². The van der Waals surface area contributed by atoms with Crippen LogP contribution in [0.3, 0.4) is 0 Å². The molecule has 2 aliphatic rings. The van der Waals surface area contributed by atoms with Crippen molar-refractivity contribution < 1.29 is 9.59 Å². The SMILES string of the molecule is CC1CC(C)CN(C(C)(C)CNC(=O)[C@@H]2CCCN2C(=O)c2cccs2)C1. The minimum atomic E-state index is -0.338. The van der Waals surface area contributed by atoms with Crippen molar-refractivity contribution in [3.8, 4) is 0 Å². The van der Waals surface area contributed by atoms with Gasteiger partial charge in [0.05, 0.1) is 4.88 Å². The molecule has 3 rings (SSSR count). The van der Waals surface area contributed by atoms with E-state index in [-0.39, 0.29) is 23.4 Å². The Kier molecular flexibility index (Phi) is 6.26. The molecule has 0 bridgehead atoms. The van der Waals surface area contributed by atoms with Crippen LogP contribution < -0.4 is 5.32 Å². The maximum Gasteiger partial charge on any atom is 0.264 e. The number of nitrogens with zero attached hydrogens (tertiary/aromatic N) is 2. The van der Waals surface area contributed by atoms with Gasteiger partial charge in [0.2, 0.25) is 5.91 Å². The molecule has 2 unspecified atom stereocenters. The Morgan fingerprint density at radius 1 is 1.26 bits per heavy atom. The minimum Gasteiger partial charge on any atom is -0.352 e. The molecule has 0 aliphatic carbocycles. The van der Waals surface area contributed by atoms with E-state index in [9.17, 15) is 9.59 Å². The Morgan fingerprint density at radius 2 is 1.96 bits per heavy atom. The molecular weight excluding hydrogens is 358 g/mol. The molecule has 0 spiro atoms. The molecule has 0 saturated carbocycles. The van der Waals surface area contributed by atoms with E-state index in [1.165, 1.54) is 17.8 Å². The van der Waals surface area contributed by atoms with Crippen LogP contribution in [0.5, 0.6) is 0 Å². The van der Waals surface area contributed by atoms with E-state index in [2.05, 4.69) is 37.9 Å². The van der Waals surface area contributed by atoms with Gasteiger partial charge in [-0.25, -0.2) is 0 Å². The molecule has 2 fully saturated rings. The zero-order chi connectivity index (χ0) is 19.6. The van der Waals surface area contributed by atoms with Gasteiger partial charge in [0, 0.05) is 31.7 Å². The van der Waals surface area contributed by atoms with Gasteiger partial charge in [0.25, 0.3) is 5.91 Å². The molecule has 0 aromatic carbocycles. The second kappa shape index (κ2) is 8.31. The monoisotopic (exact) mass is 391 g/mol. The maximum absolute atomic E-state index is 12.9. The Labute approximate surface area is 167 Å². The summed E-state index contributed by atoms with van der Waals surface area (Å²) in [6.07, 6.45) is 2.92. The normalized spacial score (nSPS) is 27.0. The fourth-order valence-corrected chi connectivity index (χ4v) is 5.19. The van der Waals surface area contributed by atoms with Gasteiger partial charge in [-0.2, -0.15) is 0 Å². The van der Waals surface area contributed by atoms with Gasteiger partial charge >= 0.3 is 0 Å². The van der Waals surface area contributed by atoms with Crippen molar-refractivity contribution in [3.05, 3.63) is 22.4 Å². The number of likely N-dealkylation sites (tertiary alicyclic amines) is 2. The zero-order valence-electron chi connectivity index (χ0n) is 17.0. The summed E-state index contributed by atoms with van der Waals surface area (Å²) in [5.74, 6) is 1.36. The van der Waals surface area contributed by atoms with Crippen LogP contribution in [0.25, 0.3) is 0 Å². The van der Waals surface area contributed by atoms with E-state index >= 15 is 0 Å². The summed E-state index contributed by atoms with van der Waals surface area (Å²) in [5, 5.41) is 5.06. The molecule has 1 aromatic rings. The standard InChI is InChI=1S/C21H33N3O2S/c1-15-11-16(2)13-23(12-15)21(3,4)14-22-19(25)17-7-5-9-24(17)20(26)18-8-6-10-27-18/h6,8,10,15-17H,5,7,9,11-14H2,1-4H3,(H,22,25)/t15?,16?,17-/m0/s1. The van der Waals surface area contributed by atoms with Gasteiger partial charge in [-0.3, -0.25) is 14.5 Å². The highest BCUT2D eigenvalue weighted by atomic mass is 32.1. The molecule has 1 N–H and O–H groups in total. The van der Waals surface area contributed by atoms with Crippen molar-refractivity contribution in [2.24, 2.45) is 11.8 Å². The lowest BCUT2D eigenvalue weighted by atomic mass is 9.88. The first kappa shape index (κ1) is 20.3. The third-order valence-electron chi connectivity index (χ3n) is 5.97. The van der Waals surface area contributed by atoms with Gasteiger partial charge in [-0.05, 0) is 56.4 Å². The van der Waals surface area contributed by atoms with Crippen LogP contribution in [0, 0.1) is 11.8 Å². The largest absolute Gasteiger partial charge is 0.352 e. The van der Waals surface area contributed by atoms with Crippen molar-refractivity contribution in [1.29, 1.82) is 0 Å². The Bertz CT molecular complexity index is 648. The van der Waals surface area contributed by atoms with Crippen molar-refractivity contribution in [2.75, 3.05) is 26.2 Å². The molecule has 1 aromatic heterocycles.